The number of aromatic nitrogens is 2. The highest BCUT2D eigenvalue weighted by Gasteiger charge is 2.37. The summed E-state index contributed by atoms with van der Waals surface area (Å²) in [5, 5.41) is 35.0. The summed E-state index contributed by atoms with van der Waals surface area (Å²) in [6.07, 6.45) is 0.608. The minimum absolute atomic E-state index is 0.0463. The molecule has 0 amide bonds. The van der Waals surface area contributed by atoms with E-state index in [4.69, 9.17) is 0 Å². The average molecular weight is 382 g/mol. The van der Waals surface area contributed by atoms with Gasteiger partial charge in [0.1, 0.15) is 11.5 Å². The molecule has 2 aliphatic heterocycles. The second-order valence-corrected chi connectivity index (χ2v) is 8.14. The zero-order valence-electron chi connectivity index (χ0n) is 14.4. The van der Waals surface area contributed by atoms with Crippen molar-refractivity contribution in [3.8, 4) is 22.1 Å². The van der Waals surface area contributed by atoms with Crippen LogP contribution in [0.25, 0.3) is 21.3 Å². The zero-order chi connectivity index (χ0) is 18.5. The molecule has 3 aromatic rings. The van der Waals surface area contributed by atoms with Gasteiger partial charge in [0.05, 0.1) is 11.1 Å². The van der Waals surface area contributed by atoms with Gasteiger partial charge in [0.2, 0.25) is 5.13 Å². The van der Waals surface area contributed by atoms with Crippen LogP contribution in [0.2, 0.25) is 0 Å². The maximum absolute atomic E-state index is 11.6. The molecule has 0 aliphatic carbocycles. The van der Waals surface area contributed by atoms with Crippen molar-refractivity contribution in [3.05, 3.63) is 29.8 Å². The molecule has 2 atom stereocenters. The van der Waals surface area contributed by atoms with Crippen LogP contribution >= 0.6 is 11.3 Å². The summed E-state index contributed by atoms with van der Waals surface area (Å²) >= 11 is 1.42. The molecule has 3 heterocycles. The van der Waals surface area contributed by atoms with Gasteiger partial charge in [0, 0.05) is 26.2 Å². The van der Waals surface area contributed by atoms with Gasteiger partial charge in [0.15, 0.2) is 11.3 Å². The SMILES string of the molecule is O=Cc1c(O)c(-c2nnc(N3C[C@H]4CNC[C@H]4C3)s2)cc2ccc(O)cc12. The van der Waals surface area contributed by atoms with Crippen molar-refractivity contribution in [1.29, 1.82) is 0 Å². The molecular formula is C19H18N4O3S. The number of carbonyl (C=O) groups excluding carboxylic acids is 1. The Morgan fingerprint density at radius 3 is 2.67 bits per heavy atom. The fourth-order valence-corrected chi connectivity index (χ4v) is 5.03. The number of aromatic hydroxyl groups is 2. The van der Waals surface area contributed by atoms with E-state index in [-0.39, 0.29) is 17.1 Å². The molecule has 0 radical (unpaired) electrons. The Balaban J connectivity index is 1.54. The third kappa shape index (κ3) is 2.64. The van der Waals surface area contributed by atoms with Crippen LogP contribution in [0.5, 0.6) is 11.5 Å². The number of anilines is 1. The van der Waals surface area contributed by atoms with Gasteiger partial charge >= 0.3 is 0 Å². The smallest absolute Gasteiger partial charge is 0.208 e. The summed E-state index contributed by atoms with van der Waals surface area (Å²) in [6.45, 7) is 4.03. The average Bonchev–Trinajstić information content (AvgIpc) is 3.36. The first-order valence-electron chi connectivity index (χ1n) is 8.87. The monoisotopic (exact) mass is 382 g/mol. The third-order valence-corrected chi connectivity index (χ3v) is 6.58. The molecule has 138 valence electrons. The Morgan fingerprint density at radius 2 is 1.93 bits per heavy atom. The summed E-state index contributed by atoms with van der Waals surface area (Å²) in [4.78, 5) is 13.8. The van der Waals surface area contributed by atoms with E-state index in [0.717, 1.165) is 36.7 Å². The van der Waals surface area contributed by atoms with E-state index >= 15 is 0 Å². The largest absolute Gasteiger partial charge is 0.508 e. The number of fused-ring (bicyclic) bond motifs is 2. The normalized spacial score (nSPS) is 21.7. The van der Waals surface area contributed by atoms with Crippen molar-refractivity contribution in [1.82, 2.24) is 15.5 Å². The third-order valence-electron chi connectivity index (χ3n) is 5.56. The van der Waals surface area contributed by atoms with Crippen LogP contribution in [-0.2, 0) is 0 Å². The van der Waals surface area contributed by atoms with E-state index in [9.17, 15) is 15.0 Å². The number of phenols is 2. The van der Waals surface area contributed by atoms with Crippen molar-refractivity contribution in [2.24, 2.45) is 11.8 Å². The molecule has 2 fully saturated rings. The molecule has 5 rings (SSSR count). The van der Waals surface area contributed by atoms with Crippen LogP contribution in [0.15, 0.2) is 24.3 Å². The highest BCUT2D eigenvalue weighted by atomic mass is 32.1. The molecule has 0 saturated carbocycles. The number of phenolic OH excluding ortho intramolecular Hbond substituents is 2. The Kier molecular flexibility index (Phi) is 3.76. The van der Waals surface area contributed by atoms with Crippen LogP contribution < -0.4 is 10.2 Å². The number of rotatable bonds is 3. The molecule has 0 unspecified atom stereocenters. The molecule has 2 saturated heterocycles. The van der Waals surface area contributed by atoms with E-state index in [0.29, 0.717) is 34.1 Å². The number of nitrogens with zero attached hydrogens (tertiary/aromatic N) is 3. The van der Waals surface area contributed by atoms with Crippen LogP contribution in [0, 0.1) is 11.8 Å². The van der Waals surface area contributed by atoms with Crippen LogP contribution in [0.4, 0.5) is 5.13 Å². The van der Waals surface area contributed by atoms with E-state index in [1.54, 1.807) is 18.2 Å². The minimum Gasteiger partial charge on any atom is -0.508 e. The van der Waals surface area contributed by atoms with Crippen LogP contribution in [0.3, 0.4) is 0 Å². The van der Waals surface area contributed by atoms with E-state index in [2.05, 4.69) is 20.4 Å². The zero-order valence-corrected chi connectivity index (χ0v) is 15.2. The van der Waals surface area contributed by atoms with Crippen LogP contribution in [-0.4, -0.2) is 52.9 Å². The molecule has 27 heavy (non-hydrogen) atoms. The molecule has 7 nitrogen and oxygen atoms in total. The summed E-state index contributed by atoms with van der Waals surface area (Å²) < 4.78 is 0. The quantitative estimate of drug-likeness (QED) is 0.598. The second kappa shape index (κ2) is 6.17. The van der Waals surface area contributed by atoms with Crippen molar-refractivity contribution in [2.45, 2.75) is 0 Å². The van der Waals surface area contributed by atoms with Crippen molar-refractivity contribution in [2.75, 3.05) is 31.1 Å². The summed E-state index contributed by atoms with van der Waals surface area (Å²) in [5.41, 5.74) is 0.636. The van der Waals surface area contributed by atoms with Gasteiger partial charge in [-0.1, -0.05) is 17.4 Å². The molecule has 2 aliphatic rings. The maximum Gasteiger partial charge on any atom is 0.208 e. The molecular weight excluding hydrogens is 364 g/mol. The highest BCUT2D eigenvalue weighted by Crippen LogP contribution is 2.41. The Labute approximate surface area is 159 Å². The Hall–Kier alpha value is -2.71. The molecule has 2 aromatic carbocycles. The first kappa shape index (κ1) is 16.5. The van der Waals surface area contributed by atoms with Crippen molar-refractivity contribution >= 4 is 33.5 Å². The second-order valence-electron chi connectivity index (χ2n) is 7.18. The fraction of sp³-hybridized carbons (Fsp3) is 0.316. The van der Waals surface area contributed by atoms with Gasteiger partial charge in [-0.3, -0.25) is 4.79 Å². The standard InChI is InChI=1S/C19H18N4O3S/c24-9-16-14-4-13(25)2-1-10(14)3-15(17(16)26)18-21-22-19(27-18)23-7-11-5-20-6-12(11)8-23/h1-4,9,11-12,20,25-26H,5-8H2/t11-,12+. The lowest BCUT2D eigenvalue weighted by atomic mass is 10.00. The molecule has 3 N–H and O–H groups in total. The summed E-state index contributed by atoms with van der Waals surface area (Å²) in [7, 11) is 0. The predicted molar refractivity (Wildman–Crippen MR) is 104 cm³/mol. The molecule has 0 spiro atoms. The lowest BCUT2D eigenvalue weighted by Crippen LogP contribution is -2.25. The molecule has 8 heteroatoms. The van der Waals surface area contributed by atoms with Crippen LogP contribution in [0.1, 0.15) is 10.4 Å². The van der Waals surface area contributed by atoms with E-state index in [1.807, 2.05) is 0 Å². The van der Waals surface area contributed by atoms with Gasteiger partial charge in [-0.2, -0.15) is 0 Å². The first-order valence-corrected chi connectivity index (χ1v) is 9.69. The molecule has 1 aromatic heterocycles. The Bertz CT molecular complexity index is 1040. The topological polar surface area (TPSA) is 98.6 Å². The lowest BCUT2D eigenvalue weighted by molar-refractivity contribution is 0.112. The minimum atomic E-state index is -0.131. The lowest BCUT2D eigenvalue weighted by Gasteiger charge is -2.14. The van der Waals surface area contributed by atoms with E-state index < -0.39 is 0 Å². The summed E-state index contributed by atoms with van der Waals surface area (Å²) in [5.74, 6) is 1.22. The number of aldehydes is 1. The van der Waals surface area contributed by atoms with Gasteiger partial charge in [-0.15, -0.1) is 10.2 Å². The number of benzene rings is 2. The van der Waals surface area contributed by atoms with Crippen molar-refractivity contribution < 1.29 is 15.0 Å². The van der Waals surface area contributed by atoms with E-state index in [1.165, 1.54) is 17.4 Å². The highest BCUT2D eigenvalue weighted by molar-refractivity contribution is 7.18. The summed E-state index contributed by atoms with van der Waals surface area (Å²) in [6, 6.07) is 6.53. The first-order chi connectivity index (χ1) is 13.1. The number of carbonyl (C=O) groups is 1. The molecule has 0 bridgehead atoms. The van der Waals surface area contributed by atoms with Crippen molar-refractivity contribution in [3.63, 3.8) is 0 Å². The predicted octanol–water partition coefficient (Wildman–Crippen LogP) is 2.24. The number of nitrogens with one attached hydrogen (secondary N) is 1. The number of hydrogen-bond acceptors (Lipinski definition) is 8. The number of hydrogen-bond donors (Lipinski definition) is 3. The van der Waals surface area contributed by atoms with Gasteiger partial charge < -0.3 is 20.4 Å². The fourth-order valence-electron chi connectivity index (χ4n) is 4.15. The van der Waals surface area contributed by atoms with Gasteiger partial charge in [-0.05, 0) is 40.8 Å². The maximum atomic E-state index is 11.6. The van der Waals surface area contributed by atoms with Gasteiger partial charge in [0.25, 0.3) is 0 Å². The van der Waals surface area contributed by atoms with Gasteiger partial charge in [-0.25, -0.2) is 0 Å². The Morgan fingerprint density at radius 1 is 1.15 bits per heavy atom.